The van der Waals surface area contributed by atoms with Crippen molar-refractivity contribution in [1.29, 1.82) is 0 Å². The number of hydrogen-bond acceptors (Lipinski definition) is 5. The molecule has 0 aliphatic rings. The third kappa shape index (κ3) is 4.45. The molecule has 0 atom stereocenters. The molecule has 8 heteroatoms. The number of nitrogens with one attached hydrogen (secondary N) is 1. The number of carboxylic acids is 1. The zero-order valence-electron chi connectivity index (χ0n) is 12.6. The molecule has 0 radical (unpaired) electrons. The topological polar surface area (TPSA) is 110 Å². The van der Waals surface area contributed by atoms with Gasteiger partial charge in [0.25, 0.3) is 11.6 Å². The summed E-state index contributed by atoms with van der Waals surface area (Å²) in [5.74, 6) is -1.54. The van der Waals surface area contributed by atoms with E-state index in [1.807, 2.05) is 0 Å². The van der Waals surface area contributed by atoms with E-state index in [9.17, 15) is 19.7 Å². The molecule has 0 saturated carbocycles. The maximum absolute atomic E-state index is 12.1. The minimum Gasteiger partial charge on any atom is -0.481 e. The number of hydrogen-bond donors (Lipinski definition) is 2. The minimum atomic E-state index is -0.972. The number of rotatable bonds is 7. The third-order valence-electron chi connectivity index (χ3n) is 3.26. The van der Waals surface area contributed by atoms with Crippen LogP contribution in [0.5, 0.6) is 0 Å². The highest BCUT2D eigenvalue weighted by Gasteiger charge is 2.27. The van der Waals surface area contributed by atoms with Crippen LogP contribution in [0.2, 0.25) is 0 Å². The Morgan fingerprint density at radius 2 is 2.05 bits per heavy atom. The van der Waals surface area contributed by atoms with E-state index >= 15 is 0 Å². The predicted molar refractivity (Wildman–Crippen MR) is 83.2 cm³/mol. The van der Waals surface area contributed by atoms with Crippen molar-refractivity contribution >= 4 is 29.3 Å². The number of carbonyl (C=O) groups excluding carboxylic acids is 1. The van der Waals surface area contributed by atoms with Gasteiger partial charge in [-0.05, 0) is 38.7 Å². The first-order valence-electron chi connectivity index (χ1n) is 6.53. The lowest BCUT2D eigenvalue weighted by molar-refractivity contribution is -0.385. The van der Waals surface area contributed by atoms with Crippen LogP contribution in [0, 0.1) is 15.5 Å². The van der Waals surface area contributed by atoms with Gasteiger partial charge in [-0.25, -0.2) is 0 Å². The maximum atomic E-state index is 12.1. The smallest absolute Gasteiger partial charge is 0.309 e. The fourth-order valence-corrected chi connectivity index (χ4v) is 2.11. The molecule has 0 spiro atoms. The molecule has 7 nitrogen and oxygen atoms in total. The zero-order chi connectivity index (χ0) is 16.9. The summed E-state index contributed by atoms with van der Waals surface area (Å²) in [4.78, 5) is 34.2. The lowest BCUT2D eigenvalue weighted by atomic mass is 9.90. The van der Waals surface area contributed by atoms with Crippen LogP contribution >= 0.6 is 11.8 Å². The summed E-state index contributed by atoms with van der Waals surface area (Å²) in [5.41, 5.74) is -1.27. The van der Waals surface area contributed by atoms with Gasteiger partial charge < -0.3 is 10.4 Å². The molecule has 0 unspecified atom stereocenters. The summed E-state index contributed by atoms with van der Waals surface area (Å²) in [6, 6.07) is 4.33. The van der Waals surface area contributed by atoms with Crippen molar-refractivity contribution in [2.24, 2.45) is 5.41 Å². The van der Waals surface area contributed by atoms with Crippen LogP contribution in [0.4, 0.5) is 5.69 Å². The zero-order valence-corrected chi connectivity index (χ0v) is 13.4. The lowest BCUT2D eigenvalue weighted by Crippen LogP contribution is -2.32. The Labute approximate surface area is 132 Å². The molecule has 0 fully saturated rings. The molecular formula is C14H18N2O5S. The molecule has 0 heterocycles. The summed E-state index contributed by atoms with van der Waals surface area (Å²) in [6.45, 7) is 3.23. The molecule has 1 amide bonds. The number of thioether (sulfide) groups is 1. The number of nitro benzene ring substituents is 1. The second-order valence-electron chi connectivity index (χ2n) is 5.34. The first-order chi connectivity index (χ1) is 10.2. The Bertz CT molecular complexity index is 601. The van der Waals surface area contributed by atoms with E-state index in [1.54, 1.807) is 26.2 Å². The molecule has 0 bridgehead atoms. The Morgan fingerprint density at radius 1 is 1.41 bits per heavy atom. The molecule has 0 aromatic heterocycles. The molecule has 1 aromatic rings. The van der Waals surface area contributed by atoms with E-state index in [0.717, 1.165) is 4.90 Å². The quantitative estimate of drug-likeness (QED) is 0.453. The van der Waals surface area contributed by atoms with Crippen LogP contribution in [0.25, 0.3) is 0 Å². The Kier molecular flexibility index (Phi) is 5.92. The third-order valence-corrected chi connectivity index (χ3v) is 3.98. The highest BCUT2D eigenvalue weighted by molar-refractivity contribution is 7.98. The molecular weight excluding hydrogens is 308 g/mol. The van der Waals surface area contributed by atoms with E-state index in [0.29, 0.717) is 0 Å². The van der Waals surface area contributed by atoms with Gasteiger partial charge in [0.05, 0.1) is 10.3 Å². The van der Waals surface area contributed by atoms with Gasteiger partial charge in [0.2, 0.25) is 0 Å². The van der Waals surface area contributed by atoms with Crippen LogP contribution in [0.15, 0.2) is 23.1 Å². The molecule has 22 heavy (non-hydrogen) atoms. The Hall–Kier alpha value is -2.09. The summed E-state index contributed by atoms with van der Waals surface area (Å²) in [5, 5.41) is 22.5. The molecule has 0 aliphatic heterocycles. The highest BCUT2D eigenvalue weighted by Crippen LogP contribution is 2.25. The van der Waals surface area contributed by atoms with Crippen LogP contribution < -0.4 is 5.32 Å². The van der Waals surface area contributed by atoms with Crippen molar-refractivity contribution in [3.63, 3.8) is 0 Å². The molecule has 0 saturated heterocycles. The number of carbonyl (C=O) groups is 2. The number of nitrogens with zero attached hydrogens (tertiary/aromatic N) is 1. The number of nitro groups is 1. The van der Waals surface area contributed by atoms with Crippen LogP contribution in [0.3, 0.4) is 0 Å². The van der Waals surface area contributed by atoms with Crippen molar-refractivity contribution in [2.45, 2.75) is 25.2 Å². The largest absolute Gasteiger partial charge is 0.481 e. The van der Waals surface area contributed by atoms with Crippen LogP contribution in [0.1, 0.15) is 30.6 Å². The van der Waals surface area contributed by atoms with Gasteiger partial charge in [0.15, 0.2) is 0 Å². The fraction of sp³-hybridized carbons (Fsp3) is 0.429. The van der Waals surface area contributed by atoms with Gasteiger partial charge in [-0.15, -0.1) is 11.8 Å². The van der Waals surface area contributed by atoms with Gasteiger partial charge >= 0.3 is 5.97 Å². The summed E-state index contributed by atoms with van der Waals surface area (Å²) in [6.07, 6.45) is 2.03. The predicted octanol–water partition coefficient (Wildman–Crippen LogP) is 2.55. The summed E-state index contributed by atoms with van der Waals surface area (Å²) >= 11 is 1.37. The van der Waals surface area contributed by atoms with Crippen LogP contribution in [-0.2, 0) is 4.79 Å². The van der Waals surface area contributed by atoms with Crippen LogP contribution in [-0.4, -0.2) is 34.7 Å². The monoisotopic (exact) mass is 326 g/mol. The van der Waals surface area contributed by atoms with Crippen molar-refractivity contribution in [1.82, 2.24) is 5.32 Å². The number of aliphatic carboxylic acids is 1. The van der Waals surface area contributed by atoms with Crippen molar-refractivity contribution in [3.8, 4) is 0 Å². The van der Waals surface area contributed by atoms with Gasteiger partial charge in [-0.1, -0.05) is 0 Å². The van der Waals surface area contributed by atoms with E-state index < -0.39 is 22.2 Å². The van der Waals surface area contributed by atoms with Gasteiger partial charge in [-0.2, -0.15) is 0 Å². The van der Waals surface area contributed by atoms with Gasteiger partial charge in [-0.3, -0.25) is 19.7 Å². The summed E-state index contributed by atoms with van der Waals surface area (Å²) < 4.78 is 0. The second-order valence-corrected chi connectivity index (χ2v) is 6.21. The average molecular weight is 326 g/mol. The SMILES string of the molecule is CSc1ccc([N+](=O)[O-])c(C(=O)NCCC(C)(C)C(=O)O)c1. The second kappa shape index (κ2) is 7.26. The molecule has 0 aliphatic carbocycles. The standard InChI is InChI=1S/C14H18N2O5S/c1-14(2,13(18)19)6-7-15-12(17)10-8-9(22-3)4-5-11(10)16(20)21/h4-5,8H,6-7H2,1-3H3,(H,15,17)(H,18,19). The first-order valence-corrected chi connectivity index (χ1v) is 7.75. The first kappa shape index (κ1) is 18.0. The van der Waals surface area contributed by atoms with E-state index in [4.69, 9.17) is 5.11 Å². The number of amides is 1. The number of carboxylic acid groups (broad SMARTS) is 1. The van der Waals surface area contributed by atoms with Crippen molar-refractivity contribution in [2.75, 3.05) is 12.8 Å². The van der Waals surface area contributed by atoms with E-state index in [1.165, 1.54) is 23.9 Å². The Morgan fingerprint density at radius 3 is 2.55 bits per heavy atom. The maximum Gasteiger partial charge on any atom is 0.309 e. The van der Waals surface area contributed by atoms with Gasteiger partial charge in [0.1, 0.15) is 5.56 Å². The fourth-order valence-electron chi connectivity index (χ4n) is 1.67. The normalized spacial score (nSPS) is 11.0. The van der Waals surface area contributed by atoms with Crippen molar-refractivity contribution < 1.29 is 19.6 Å². The highest BCUT2D eigenvalue weighted by atomic mass is 32.2. The minimum absolute atomic E-state index is 0.0232. The van der Waals surface area contributed by atoms with E-state index in [2.05, 4.69) is 5.32 Å². The Balaban J connectivity index is 2.85. The average Bonchev–Trinajstić information content (AvgIpc) is 2.45. The molecule has 120 valence electrons. The molecule has 2 N–H and O–H groups in total. The molecule has 1 aromatic carbocycles. The lowest BCUT2D eigenvalue weighted by Gasteiger charge is -2.18. The summed E-state index contributed by atoms with van der Waals surface area (Å²) in [7, 11) is 0. The van der Waals surface area contributed by atoms with E-state index in [-0.39, 0.29) is 24.2 Å². The number of benzene rings is 1. The van der Waals surface area contributed by atoms with Crippen molar-refractivity contribution in [3.05, 3.63) is 33.9 Å². The molecule has 1 rings (SSSR count). The van der Waals surface area contributed by atoms with Gasteiger partial charge in [0, 0.05) is 17.5 Å².